The first-order valence-corrected chi connectivity index (χ1v) is 4.27. The van der Waals surface area contributed by atoms with Gasteiger partial charge in [0.1, 0.15) is 0 Å². The van der Waals surface area contributed by atoms with E-state index in [2.05, 4.69) is 15.2 Å². The van der Waals surface area contributed by atoms with E-state index in [1.165, 1.54) is 0 Å². The van der Waals surface area contributed by atoms with Crippen LogP contribution in [0.25, 0.3) is 11.3 Å². The average Bonchev–Trinajstić information content (AvgIpc) is 2.56. The normalized spacial score (nSPS) is 10.3. The Kier molecular flexibility index (Phi) is 2.02. The molecule has 4 heteroatoms. The minimum atomic E-state index is 0.691. The van der Waals surface area contributed by atoms with Gasteiger partial charge in [0.15, 0.2) is 0 Å². The van der Waals surface area contributed by atoms with Crippen LogP contribution in [0.4, 0.5) is 0 Å². The monoisotopic (exact) mass is 193 g/mol. The second kappa shape index (κ2) is 3.18. The first-order chi connectivity index (χ1) is 6.27. The third-order valence-corrected chi connectivity index (χ3v) is 2.09. The highest BCUT2D eigenvalue weighted by atomic mass is 35.5. The quantitative estimate of drug-likeness (QED) is 0.756. The molecule has 2 heterocycles. The molecule has 0 saturated heterocycles. The Bertz CT molecular complexity index is 409. The number of H-pyrrole nitrogens is 1. The highest BCUT2D eigenvalue weighted by molar-refractivity contribution is 6.33. The van der Waals surface area contributed by atoms with Crippen LogP contribution in [0.1, 0.15) is 5.69 Å². The number of pyridine rings is 1. The van der Waals surface area contributed by atoms with Crippen LogP contribution in [0, 0.1) is 6.92 Å². The molecule has 0 spiro atoms. The molecule has 0 aliphatic heterocycles. The van der Waals surface area contributed by atoms with Crippen LogP contribution >= 0.6 is 11.6 Å². The first kappa shape index (κ1) is 8.26. The first-order valence-electron chi connectivity index (χ1n) is 3.89. The van der Waals surface area contributed by atoms with Crippen molar-refractivity contribution in [3.05, 3.63) is 35.2 Å². The number of aromatic nitrogens is 3. The number of hydrogen-bond acceptors (Lipinski definition) is 2. The molecule has 66 valence electrons. The third-order valence-electron chi connectivity index (χ3n) is 1.78. The van der Waals surface area contributed by atoms with E-state index in [1.807, 2.05) is 19.1 Å². The molecule has 2 rings (SSSR count). The molecule has 0 fully saturated rings. The molecule has 0 saturated carbocycles. The van der Waals surface area contributed by atoms with Crippen molar-refractivity contribution in [3.63, 3.8) is 0 Å². The number of hydrogen-bond donors (Lipinski definition) is 1. The van der Waals surface area contributed by atoms with Gasteiger partial charge < -0.3 is 0 Å². The van der Waals surface area contributed by atoms with Gasteiger partial charge in [0, 0.05) is 23.7 Å². The summed E-state index contributed by atoms with van der Waals surface area (Å²) in [5.74, 6) is 0. The number of aromatic amines is 1. The fourth-order valence-corrected chi connectivity index (χ4v) is 1.44. The Labute approximate surface area is 80.8 Å². The molecule has 2 aromatic heterocycles. The van der Waals surface area contributed by atoms with Crippen molar-refractivity contribution in [1.82, 2.24) is 15.2 Å². The zero-order chi connectivity index (χ0) is 9.26. The molecule has 0 unspecified atom stereocenters. The molecule has 0 bridgehead atoms. The van der Waals surface area contributed by atoms with Gasteiger partial charge >= 0.3 is 0 Å². The van der Waals surface area contributed by atoms with Crippen molar-refractivity contribution in [1.29, 1.82) is 0 Å². The van der Waals surface area contributed by atoms with Crippen molar-refractivity contribution in [3.8, 4) is 11.3 Å². The van der Waals surface area contributed by atoms with E-state index in [-0.39, 0.29) is 0 Å². The predicted molar refractivity (Wildman–Crippen MR) is 51.6 cm³/mol. The second-order valence-corrected chi connectivity index (χ2v) is 3.18. The van der Waals surface area contributed by atoms with Crippen LogP contribution in [0.3, 0.4) is 0 Å². The van der Waals surface area contributed by atoms with E-state index in [1.54, 1.807) is 12.4 Å². The van der Waals surface area contributed by atoms with Gasteiger partial charge in [0.2, 0.25) is 0 Å². The Hall–Kier alpha value is -1.35. The summed E-state index contributed by atoms with van der Waals surface area (Å²) in [5.41, 5.74) is 2.68. The number of aryl methyl sites for hydroxylation is 1. The Balaban J connectivity index is 2.53. The summed E-state index contributed by atoms with van der Waals surface area (Å²) in [5, 5.41) is 7.38. The minimum absolute atomic E-state index is 0.691. The topological polar surface area (TPSA) is 41.6 Å². The molecule has 0 amide bonds. The second-order valence-electron chi connectivity index (χ2n) is 2.78. The lowest BCUT2D eigenvalue weighted by atomic mass is 10.2. The van der Waals surface area contributed by atoms with Crippen LogP contribution in [-0.4, -0.2) is 15.2 Å². The van der Waals surface area contributed by atoms with E-state index >= 15 is 0 Å². The molecule has 0 aliphatic carbocycles. The van der Waals surface area contributed by atoms with Gasteiger partial charge in [0.25, 0.3) is 0 Å². The maximum atomic E-state index is 6.03. The maximum absolute atomic E-state index is 6.03. The zero-order valence-electron chi connectivity index (χ0n) is 7.08. The molecule has 3 nitrogen and oxygen atoms in total. The van der Waals surface area contributed by atoms with Gasteiger partial charge in [-0.3, -0.25) is 10.1 Å². The van der Waals surface area contributed by atoms with Crippen molar-refractivity contribution in [2.75, 3.05) is 0 Å². The number of halogens is 1. The van der Waals surface area contributed by atoms with Crippen molar-refractivity contribution in [2.45, 2.75) is 6.92 Å². The van der Waals surface area contributed by atoms with Gasteiger partial charge in [0.05, 0.1) is 10.7 Å². The lowest BCUT2D eigenvalue weighted by molar-refractivity contribution is 1.09. The summed E-state index contributed by atoms with van der Waals surface area (Å²) >= 11 is 6.03. The van der Waals surface area contributed by atoms with E-state index in [4.69, 9.17) is 11.6 Å². The van der Waals surface area contributed by atoms with Gasteiger partial charge in [-0.15, -0.1) is 0 Å². The molecular weight excluding hydrogens is 186 g/mol. The molecular formula is C9H8ClN3. The largest absolute Gasteiger partial charge is 0.278 e. The van der Waals surface area contributed by atoms with Crippen LogP contribution in [0.5, 0.6) is 0 Å². The third kappa shape index (κ3) is 1.55. The molecule has 1 N–H and O–H groups in total. The Morgan fingerprint density at radius 3 is 2.92 bits per heavy atom. The molecule has 0 aliphatic rings. The van der Waals surface area contributed by atoms with Crippen LogP contribution < -0.4 is 0 Å². The fraction of sp³-hybridized carbons (Fsp3) is 0.111. The van der Waals surface area contributed by atoms with Crippen molar-refractivity contribution >= 4 is 11.6 Å². The smallest absolute Gasteiger partial charge is 0.0680 e. The highest BCUT2D eigenvalue weighted by Crippen LogP contribution is 2.25. The number of rotatable bonds is 1. The zero-order valence-corrected chi connectivity index (χ0v) is 7.84. The van der Waals surface area contributed by atoms with Crippen LogP contribution in [-0.2, 0) is 0 Å². The molecule has 0 radical (unpaired) electrons. The van der Waals surface area contributed by atoms with E-state index < -0.39 is 0 Å². The SMILES string of the molecule is Cc1cc(Cl)c(-c2ccn[nH]2)cn1. The summed E-state index contributed by atoms with van der Waals surface area (Å²) in [6, 6.07) is 3.69. The van der Waals surface area contributed by atoms with Crippen LogP contribution in [0.2, 0.25) is 5.02 Å². The summed E-state index contributed by atoms with van der Waals surface area (Å²) < 4.78 is 0. The number of nitrogens with zero attached hydrogens (tertiary/aromatic N) is 2. The van der Waals surface area contributed by atoms with Crippen LogP contribution in [0.15, 0.2) is 24.5 Å². The fourth-order valence-electron chi connectivity index (χ4n) is 1.13. The predicted octanol–water partition coefficient (Wildman–Crippen LogP) is 2.43. The molecule has 2 aromatic rings. The van der Waals surface area contributed by atoms with E-state index in [0.717, 1.165) is 17.0 Å². The summed E-state index contributed by atoms with van der Waals surface area (Å²) in [6.45, 7) is 1.91. The standard InChI is InChI=1S/C9H8ClN3/c1-6-4-8(10)7(5-11-6)9-2-3-12-13-9/h2-5H,1H3,(H,12,13). The highest BCUT2D eigenvalue weighted by Gasteiger charge is 2.04. The molecule has 0 atom stereocenters. The molecule has 0 aromatic carbocycles. The van der Waals surface area contributed by atoms with E-state index in [9.17, 15) is 0 Å². The minimum Gasteiger partial charge on any atom is -0.278 e. The van der Waals surface area contributed by atoms with Crippen molar-refractivity contribution < 1.29 is 0 Å². The maximum Gasteiger partial charge on any atom is 0.0680 e. The summed E-state index contributed by atoms with van der Waals surface area (Å²) in [6.07, 6.45) is 3.43. The van der Waals surface area contributed by atoms with Gasteiger partial charge in [-0.1, -0.05) is 11.6 Å². The summed E-state index contributed by atoms with van der Waals surface area (Å²) in [4.78, 5) is 4.16. The van der Waals surface area contributed by atoms with Gasteiger partial charge in [-0.2, -0.15) is 5.10 Å². The molecule has 13 heavy (non-hydrogen) atoms. The van der Waals surface area contributed by atoms with E-state index in [0.29, 0.717) is 5.02 Å². The Morgan fingerprint density at radius 2 is 2.31 bits per heavy atom. The van der Waals surface area contributed by atoms with Gasteiger partial charge in [-0.05, 0) is 19.1 Å². The lowest BCUT2D eigenvalue weighted by Crippen LogP contribution is -1.85. The van der Waals surface area contributed by atoms with Gasteiger partial charge in [-0.25, -0.2) is 0 Å². The number of nitrogens with one attached hydrogen (secondary N) is 1. The lowest BCUT2D eigenvalue weighted by Gasteiger charge is -2.00. The van der Waals surface area contributed by atoms with Crippen molar-refractivity contribution in [2.24, 2.45) is 0 Å². The Morgan fingerprint density at radius 1 is 1.46 bits per heavy atom. The average molecular weight is 194 g/mol. The summed E-state index contributed by atoms with van der Waals surface area (Å²) in [7, 11) is 0.